The molecule has 248 valence electrons. The molecular formula is C29H58N4O7S2. The molecule has 2 aromatic heterocycles. The average molecular weight is 639 g/mol. The Bertz CT molecular complexity index is 945. The Morgan fingerprint density at radius 1 is 0.595 bits per heavy atom. The molecule has 13 heteroatoms. The Kier molecular flexibility index (Phi) is 27.0. The van der Waals surface area contributed by atoms with Crippen molar-refractivity contribution in [2.45, 2.75) is 122 Å². The fraction of sp³-hybridized carbons (Fsp3) is 0.621. The molecule has 0 saturated carbocycles. The van der Waals surface area contributed by atoms with E-state index in [-0.39, 0.29) is 14.9 Å². The van der Waals surface area contributed by atoms with Gasteiger partial charge in [-0.1, -0.05) is 42.5 Å². The van der Waals surface area contributed by atoms with Crippen LogP contribution in [0.25, 0.3) is 0 Å². The molecule has 2 aromatic rings. The Labute approximate surface area is 262 Å². The maximum atomic E-state index is 11.3. The van der Waals surface area contributed by atoms with Gasteiger partial charge in [-0.3, -0.25) is 5.32 Å². The van der Waals surface area contributed by atoms with Gasteiger partial charge in [0.1, 0.15) is 16.8 Å². The first kappa shape index (κ1) is 48.5. The van der Waals surface area contributed by atoms with Gasteiger partial charge in [-0.25, -0.2) is 14.4 Å². The van der Waals surface area contributed by atoms with Gasteiger partial charge in [0.25, 0.3) is 0 Å². The number of hydrogen-bond acceptors (Lipinski definition) is 12. The lowest BCUT2D eigenvalue weighted by atomic mass is 10.2. The van der Waals surface area contributed by atoms with Gasteiger partial charge in [0.15, 0.2) is 0 Å². The molecule has 2 heterocycles. The maximum absolute atomic E-state index is 11.3. The summed E-state index contributed by atoms with van der Waals surface area (Å²) in [6, 6.07) is 0. The number of hydrogen-bond donors (Lipinski definition) is 4. The molecule has 0 atom stereocenters. The quantitative estimate of drug-likeness (QED) is 0.133. The third-order valence-electron chi connectivity index (χ3n) is 3.00. The molecule has 0 spiro atoms. The Balaban J connectivity index is -0.000000156. The second-order valence-electron chi connectivity index (χ2n) is 10.2. The second-order valence-corrected chi connectivity index (χ2v) is 11.7. The van der Waals surface area contributed by atoms with Gasteiger partial charge in [0, 0.05) is 21.5 Å². The Morgan fingerprint density at radius 2 is 0.905 bits per heavy atom. The van der Waals surface area contributed by atoms with E-state index in [0.717, 1.165) is 0 Å². The van der Waals surface area contributed by atoms with Gasteiger partial charge in [-0.05, 0) is 62.3 Å². The van der Waals surface area contributed by atoms with E-state index < -0.39 is 35.2 Å². The summed E-state index contributed by atoms with van der Waals surface area (Å²) in [5.41, 5.74) is 16.9. The average Bonchev–Trinajstić information content (AvgIpc) is 3.34. The minimum absolute atomic E-state index is 0. The molecule has 0 aliphatic carbocycles. The largest absolute Gasteiger partial charge is 0.519 e. The number of nitrogens with one attached hydrogen (secondary N) is 1. The zero-order valence-electron chi connectivity index (χ0n) is 26.2. The standard InChI is InChI=1S/C10H18O5.C9H14N2O2S.C4H6N2S.2C2H6.2CH4/c1-9(2,3)14-7(11)13-8(12)15-10(4,5)6;1-9(2,3)13-8(12)11-7-5-14-4-6(7)10;5-3-1-7-2-4(3)6;2*1-2;;/h1-6H3;4-5H,10H2,1-3H3,(H,11,12);1-2H,5-6H2;2*1-2H3;2*1H4. The van der Waals surface area contributed by atoms with Gasteiger partial charge >= 0.3 is 18.4 Å². The van der Waals surface area contributed by atoms with Crippen molar-refractivity contribution in [3.63, 3.8) is 0 Å². The lowest BCUT2D eigenvalue weighted by Crippen LogP contribution is -2.29. The second kappa shape index (κ2) is 23.4. The first-order chi connectivity index (χ1) is 18.2. The monoisotopic (exact) mass is 638 g/mol. The van der Waals surface area contributed by atoms with E-state index in [4.69, 9.17) is 31.4 Å². The van der Waals surface area contributed by atoms with Gasteiger partial charge in [-0.2, -0.15) is 0 Å². The van der Waals surface area contributed by atoms with E-state index in [2.05, 4.69) is 10.1 Å². The highest BCUT2D eigenvalue weighted by atomic mass is 32.1. The van der Waals surface area contributed by atoms with Gasteiger partial charge in [0.2, 0.25) is 0 Å². The summed E-state index contributed by atoms with van der Waals surface area (Å²) in [4.78, 5) is 33.3. The van der Waals surface area contributed by atoms with E-state index in [1.54, 1.807) is 52.3 Å². The first-order valence-corrected chi connectivity index (χ1v) is 14.6. The lowest BCUT2D eigenvalue weighted by molar-refractivity contribution is -0.0294. The summed E-state index contributed by atoms with van der Waals surface area (Å²) in [7, 11) is 0. The molecule has 1 amide bonds. The fourth-order valence-corrected chi connectivity index (χ4v) is 3.05. The zero-order valence-corrected chi connectivity index (χ0v) is 27.8. The number of nitrogens with two attached hydrogens (primary N) is 3. The van der Waals surface area contributed by atoms with Crippen LogP contribution >= 0.6 is 22.7 Å². The third-order valence-corrected chi connectivity index (χ3v) is 4.54. The highest BCUT2D eigenvalue weighted by Crippen LogP contribution is 2.23. The van der Waals surface area contributed by atoms with Crippen molar-refractivity contribution in [1.82, 2.24) is 0 Å². The zero-order chi connectivity index (χ0) is 32.3. The van der Waals surface area contributed by atoms with Crippen molar-refractivity contribution < 1.29 is 33.3 Å². The molecule has 0 radical (unpaired) electrons. The van der Waals surface area contributed by atoms with E-state index in [1.165, 1.54) is 22.7 Å². The summed E-state index contributed by atoms with van der Waals surface area (Å²) in [6.07, 6.45) is -2.60. The van der Waals surface area contributed by atoms with Crippen LogP contribution < -0.4 is 22.5 Å². The number of anilines is 4. The molecule has 0 aromatic carbocycles. The maximum Gasteiger partial charge on any atom is 0.519 e. The topological polar surface area (TPSA) is 178 Å². The van der Waals surface area contributed by atoms with Crippen molar-refractivity contribution in [1.29, 1.82) is 0 Å². The Morgan fingerprint density at radius 3 is 1.14 bits per heavy atom. The van der Waals surface area contributed by atoms with Crippen LogP contribution in [0.2, 0.25) is 0 Å². The lowest BCUT2D eigenvalue weighted by Gasteiger charge is -2.20. The smallest absolute Gasteiger partial charge is 0.444 e. The molecule has 7 N–H and O–H groups in total. The van der Waals surface area contributed by atoms with Crippen LogP contribution in [0.5, 0.6) is 0 Å². The van der Waals surface area contributed by atoms with Crippen molar-refractivity contribution in [3.05, 3.63) is 21.5 Å². The minimum Gasteiger partial charge on any atom is -0.444 e. The molecule has 0 unspecified atom stereocenters. The number of rotatable bonds is 1. The molecule has 0 bridgehead atoms. The van der Waals surface area contributed by atoms with Crippen LogP contribution in [0.3, 0.4) is 0 Å². The number of thiophene rings is 2. The number of ether oxygens (including phenoxy) is 4. The highest BCUT2D eigenvalue weighted by Gasteiger charge is 2.24. The number of amides is 1. The molecule has 0 saturated heterocycles. The first-order valence-electron chi connectivity index (χ1n) is 12.7. The molecule has 0 aliphatic rings. The predicted molar refractivity (Wildman–Crippen MR) is 181 cm³/mol. The summed E-state index contributed by atoms with van der Waals surface area (Å²) < 4.78 is 18.9. The third kappa shape index (κ3) is 29.8. The van der Waals surface area contributed by atoms with Gasteiger partial charge in [-0.15, -0.1) is 22.7 Å². The Hall–Kier alpha value is -3.19. The van der Waals surface area contributed by atoms with Crippen LogP contribution in [0.1, 0.15) is 105 Å². The summed E-state index contributed by atoms with van der Waals surface area (Å²) >= 11 is 2.95. The highest BCUT2D eigenvalue weighted by molar-refractivity contribution is 7.09. The van der Waals surface area contributed by atoms with E-state index in [1.807, 2.05) is 59.2 Å². The van der Waals surface area contributed by atoms with Crippen molar-refractivity contribution in [2.24, 2.45) is 0 Å². The molecule has 2 rings (SSSR count). The van der Waals surface area contributed by atoms with Crippen molar-refractivity contribution >= 4 is 63.8 Å². The normalized spacial score (nSPS) is 9.74. The summed E-state index contributed by atoms with van der Waals surface area (Å²) in [5, 5.41) is 9.72. The number of carbonyl (C=O) groups is 3. The van der Waals surface area contributed by atoms with Gasteiger partial charge in [0.05, 0.1) is 22.7 Å². The summed E-state index contributed by atoms with van der Waals surface area (Å²) in [5.74, 6) is 0. The predicted octanol–water partition coefficient (Wildman–Crippen LogP) is 9.79. The van der Waals surface area contributed by atoms with Gasteiger partial charge < -0.3 is 36.1 Å². The van der Waals surface area contributed by atoms with Crippen LogP contribution in [0.4, 0.5) is 37.1 Å². The molecule has 42 heavy (non-hydrogen) atoms. The number of nitrogen functional groups attached to an aromatic ring is 3. The number of carbonyl (C=O) groups excluding carboxylic acids is 3. The molecular weight excluding hydrogens is 580 g/mol. The SMILES string of the molecule is C.C.CC.CC.CC(C)(C)OC(=O)Nc1cscc1N.CC(C)(C)OC(=O)OC(=O)OC(C)(C)C.Nc1cscc1N. The van der Waals surface area contributed by atoms with Crippen LogP contribution in [-0.2, 0) is 18.9 Å². The molecule has 0 aliphatic heterocycles. The van der Waals surface area contributed by atoms with Crippen LogP contribution in [0.15, 0.2) is 21.5 Å². The van der Waals surface area contributed by atoms with Crippen LogP contribution in [0, 0.1) is 0 Å². The molecule has 11 nitrogen and oxygen atoms in total. The van der Waals surface area contributed by atoms with E-state index in [0.29, 0.717) is 22.7 Å². The fourth-order valence-electron chi connectivity index (χ4n) is 1.75. The van der Waals surface area contributed by atoms with E-state index >= 15 is 0 Å². The molecule has 0 fully saturated rings. The summed E-state index contributed by atoms with van der Waals surface area (Å²) in [6.45, 7) is 23.4. The van der Waals surface area contributed by atoms with Crippen molar-refractivity contribution in [3.8, 4) is 0 Å². The van der Waals surface area contributed by atoms with Crippen molar-refractivity contribution in [2.75, 3.05) is 22.5 Å². The van der Waals surface area contributed by atoms with E-state index in [9.17, 15) is 14.4 Å². The van der Waals surface area contributed by atoms with Crippen LogP contribution in [-0.4, -0.2) is 35.2 Å². The minimum atomic E-state index is -1.06.